The second-order valence-electron chi connectivity index (χ2n) is 3.18. The van der Waals surface area contributed by atoms with E-state index in [4.69, 9.17) is 4.74 Å². The molecule has 0 fully saturated rings. The lowest BCUT2D eigenvalue weighted by Gasteiger charge is -2.11. The molecule has 0 N–H and O–H groups in total. The average molecular weight is 352 g/mol. The number of Topliss-reactive ketones (excluding diaryl/α,β-unsaturated/α-hetero) is 1. The molecule has 1 aromatic rings. The van der Waals surface area contributed by atoms with Crippen molar-refractivity contribution in [1.82, 2.24) is 0 Å². The number of halogens is 2. The van der Waals surface area contributed by atoms with Gasteiger partial charge in [-0.3, -0.25) is 4.79 Å². The second-order valence-corrected chi connectivity index (χ2v) is 6.93. The van der Waals surface area contributed by atoms with Crippen LogP contribution in [-0.4, -0.2) is 12.4 Å². The van der Waals surface area contributed by atoms with Gasteiger partial charge in [-0.05, 0) is 50.8 Å². The normalized spacial score (nSPS) is 15.7. The van der Waals surface area contributed by atoms with Crippen LogP contribution in [0.2, 0.25) is 0 Å². The molecule has 0 radical (unpaired) electrons. The van der Waals surface area contributed by atoms with Crippen molar-refractivity contribution in [2.75, 3.05) is 6.61 Å². The first-order valence-electron chi connectivity index (χ1n) is 4.48. The molecule has 0 spiro atoms. The smallest absolute Gasteiger partial charge is 0.194 e. The van der Waals surface area contributed by atoms with E-state index in [-0.39, 0.29) is 5.78 Å². The molecule has 0 aromatic carbocycles. The van der Waals surface area contributed by atoms with Crippen LogP contribution in [-0.2, 0) is 4.74 Å². The van der Waals surface area contributed by atoms with E-state index in [1.807, 2.05) is 6.07 Å². The highest BCUT2D eigenvalue weighted by Crippen LogP contribution is 2.34. The molecule has 15 heavy (non-hydrogen) atoms. The Labute approximate surface area is 109 Å². The number of hydrogen-bond acceptors (Lipinski definition) is 3. The third-order valence-electron chi connectivity index (χ3n) is 2.13. The van der Waals surface area contributed by atoms with Crippen LogP contribution in [0.15, 0.2) is 25.5 Å². The lowest BCUT2D eigenvalue weighted by molar-refractivity contribution is 0.101. The van der Waals surface area contributed by atoms with E-state index in [1.54, 1.807) is 6.26 Å². The Kier molecular flexibility index (Phi) is 3.64. The lowest BCUT2D eigenvalue weighted by Crippen LogP contribution is -2.08. The van der Waals surface area contributed by atoms with Gasteiger partial charge in [0, 0.05) is 11.1 Å². The second kappa shape index (κ2) is 4.80. The number of thiophene rings is 1. The monoisotopic (exact) mass is 350 g/mol. The number of rotatable bonds is 2. The molecule has 0 atom stereocenters. The molecule has 0 amide bonds. The lowest BCUT2D eigenvalue weighted by atomic mass is 10.0. The molecule has 80 valence electrons. The van der Waals surface area contributed by atoms with Gasteiger partial charge in [0.2, 0.25) is 0 Å². The van der Waals surface area contributed by atoms with Crippen molar-refractivity contribution in [1.29, 1.82) is 0 Å². The van der Waals surface area contributed by atoms with E-state index < -0.39 is 0 Å². The third kappa shape index (κ3) is 2.52. The van der Waals surface area contributed by atoms with Crippen molar-refractivity contribution in [3.63, 3.8) is 0 Å². The predicted octanol–water partition coefficient (Wildman–Crippen LogP) is 4.15. The first-order chi connectivity index (χ1) is 7.18. The van der Waals surface area contributed by atoms with Gasteiger partial charge in [0.05, 0.1) is 20.4 Å². The molecule has 1 aliphatic rings. The molecule has 2 rings (SSSR count). The third-order valence-corrected chi connectivity index (χ3v) is 4.47. The minimum Gasteiger partial charge on any atom is -0.501 e. The van der Waals surface area contributed by atoms with Gasteiger partial charge in [-0.15, -0.1) is 11.3 Å². The van der Waals surface area contributed by atoms with Crippen molar-refractivity contribution < 1.29 is 9.53 Å². The fourth-order valence-electron chi connectivity index (χ4n) is 1.40. The summed E-state index contributed by atoms with van der Waals surface area (Å²) in [6.45, 7) is 0.714. The van der Waals surface area contributed by atoms with Crippen LogP contribution in [0.3, 0.4) is 0 Å². The standard InChI is InChI=1S/C10H8Br2O2S/c11-8-4-7(10(12)15-8)9(13)6-2-1-3-14-5-6/h4-5H,1-3H2. The fourth-order valence-corrected chi connectivity index (χ4v) is 4.19. The zero-order valence-corrected chi connectivity index (χ0v) is 11.7. The van der Waals surface area contributed by atoms with Crippen molar-refractivity contribution in [3.8, 4) is 0 Å². The van der Waals surface area contributed by atoms with E-state index >= 15 is 0 Å². The van der Waals surface area contributed by atoms with Crippen molar-refractivity contribution in [3.05, 3.63) is 31.0 Å². The number of ether oxygens (including phenoxy) is 1. The van der Waals surface area contributed by atoms with Crippen molar-refractivity contribution >= 4 is 49.0 Å². The summed E-state index contributed by atoms with van der Waals surface area (Å²) in [5.41, 5.74) is 1.47. The summed E-state index contributed by atoms with van der Waals surface area (Å²) in [5.74, 6) is 0.0588. The Balaban J connectivity index is 2.27. The number of carbonyl (C=O) groups is 1. The molecule has 0 bridgehead atoms. The van der Waals surface area contributed by atoms with Gasteiger partial charge in [-0.2, -0.15) is 0 Å². The highest BCUT2D eigenvalue weighted by Gasteiger charge is 2.19. The van der Waals surface area contributed by atoms with E-state index in [1.165, 1.54) is 11.3 Å². The van der Waals surface area contributed by atoms with E-state index in [0.717, 1.165) is 26.0 Å². The molecule has 0 unspecified atom stereocenters. The molecule has 2 nitrogen and oxygen atoms in total. The summed E-state index contributed by atoms with van der Waals surface area (Å²) in [7, 11) is 0. The van der Waals surface area contributed by atoms with E-state index in [0.29, 0.717) is 12.2 Å². The molecule has 5 heteroatoms. The number of hydrogen-bond donors (Lipinski definition) is 0. The molecule has 1 aliphatic heterocycles. The maximum Gasteiger partial charge on any atom is 0.194 e. The Morgan fingerprint density at radius 2 is 2.27 bits per heavy atom. The number of ketones is 1. The highest BCUT2D eigenvalue weighted by molar-refractivity contribution is 9.12. The Hall–Kier alpha value is -0.130. The van der Waals surface area contributed by atoms with Crippen molar-refractivity contribution in [2.24, 2.45) is 0 Å². The Morgan fingerprint density at radius 1 is 1.47 bits per heavy atom. The topological polar surface area (TPSA) is 26.3 Å². The Bertz CT molecular complexity index is 423. The summed E-state index contributed by atoms with van der Waals surface area (Å²) in [5, 5.41) is 0. The van der Waals surface area contributed by atoms with Gasteiger partial charge in [-0.1, -0.05) is 0 Å². The first kappa shape index (κ1) is 11.4. The molecule has 0 saturated carbocycles. The predicted molar refractivity (Wildman–Crippen MR) is 67.3 cm³/mol. The minimum atomic E-state index is 0.0588. The fraction of sp³-hybridized carbons (Fsp3) is 0.300. The minimum absolute atomic E-state index is 0.0588. The summed E-state index contributed by atoms with van der Waals surface area (Å²) in [6, 6.07) is 1.84. The van der Waals surface area contributed by atoms with Gasteiger partial charge < -0.3 is 4.74 Å². The summed E-state index contributed by atoms with van der Waals surface area (Å²) in [6.07, 6.45) is 3.31. The average Bonchev–Trinajstić information content (AvgIpc) is 2.58. The van der Waals surface area contributed by atoms with Crippen LogP contribution >= 0.6 is 43.2 Å². The molecular formula is C10H8Br2O2S. The van der Waals surface area contributed by atoms with E-state index in [9.17, 15) is 4.79 Å². The quantitative estimate of drug-likeness (QED) is 0.748. The number of carbonyl (C=O) groups excluding carboxylic acids is 1. The van der Waals surface area contributed by atoms with Gasteiger partial charge in [0.1, 0.15) is 0 Å². The number of allylic oxidation sites excluding steroid dienone is 1. The summed E-state index contributed by atoms with van der Waals surface area (Å²) in [4.78, 5) is 12.0. The molecular weight excluding hydrogens is 344 g/mol. The van der Waals surface area contributed by atoms with Gasteiger partial charge in [0.25, 0.3) is 0 Å². The van der Waals surface area contributed by atoms with Crippen LogP contribution in [0.1, 0.15) is 23.2 Å². The van der Waals surface area contributed by atoms with Crippen LogP contribution < -0.4 is 0 Å². The summed E-state index contributed by atoms with van der Waals surface area (Å²) < 4.78 is 6.99. The molecule has 0 saturated heterocycles. The van der Waals surface area contributed by atoms with Crippen LogP contribution in [0, 0.1) is 0 Å². The zero-order chi connectivity index (χ0) is 10.8. The molecule has 2 heterocycles. The van der Waals surface area contributed by atoms with Gasteiger partial charge >= 0.3 is 0 Å². The van der Waals surface area contributed by atoms with Crippen LogP contribution in [0.25, 0.3) is 0 Å². The van der Waals surface area contributed by atoms with Crippen molar-refractivity contribution in [2.45, 2.75) is 12.8 Å². The maximum atomic E-state index is 12.0. The maximum absolute atomic E-state index is 12.0. The highest BCUT2D eigenvalue weighted by atomic mass is 79.9. The van der Waals surface area contributed by atoms with Crippen LogP contribution in [0.4, 0.5) is 0 Å². The zero-order valence-electron chi connectivity index (χ0n) is 7.76. The van der Waals surface area contributed by atoms with E-state index in [2.05, 4.69) is 31.9 Å². The SMILES string of the molecule is O=C(C1=COCCC1)c1cc(Br)sc1Br. The molecule has 0 aliphatic carbocycles. The Morgan fingerprint density at radius 3 is 2.80 bits per heavy atom. The van der Waals surface area contributed by atoms with Gasteiger partial charge in [0.15, 0.2) is 5.78 Å². The van der Waals surface area contributed by atoms with Gasteiger partial charge in [-0.25, -0.2) is 0 Å². The first-order valence-corrected chi connectivity index (χ1v) is 6.89. The largest absolute Gasteiger partial charge is 0.501 e. The van der Waals surface area contributed by atoms with Crippen LogP contribution in [0.5, 0.6) is 0 Å². The summed E-state index contributed by atoms with van der Waals surface area (Å²) >= 11 is 8.25. The molecule has 1 aromatic heterocycles.